The molecule has 1 aromatic rings. The zero-order valence-corrected chi connectivity index (χ0v) is 9.99. The molecule has 1 heterocycles. The molecule has 2 amide bonds. The quantitative estimate of drug-likeness (QED) is 0.787. The Hall–Kier alpha value is -2.24. The molecule has 0 radical (unpaired) electrons. The summed E-state index contributed by atoms with van der Waals surface area (Å²) in [6.07, 6.45) is 0. The number of hydrogen-bond acceptors (Lipinski definition) is 4. The Bertz CT molecular complexity index is 473. The molecular weight excluding hydrogens is 236 g/mol. The Morgan fingerprint density at radius 3 is 2.67 bits per heavy atom. The van der Waals surface area contributed by atoms with Gasteiger partial charge in [-0.3, -0.25) is 9.59 Å². The van der Waals surface area contributed by atoms with E-state index in [0.717, 1.165) is 0 Å². The number of rotatable bonds is 3. The molecule has 6 nitrogen and oxygen atoms in total. The fraction of sp³-hybridized carbons (Fsp3) is 0.333. The number of nitrogens with one attached hydrogen (secondary N) is 2. The topological polar surface area (TPSA) is 76.7 Å². The molecule has 1 aliphatic heterocycles. The third-order valence-corrected chi connectivity index (χ3v) is 2.49. The summed E-state index contributed by atoms with van der Waals surface area (Å²) < 4.78 is 10.7. The molecule has 1 aromatic carbocycles. The highest BCUT2D eigenvalue weighted by Crippen LogP contribution is 2.30. The number of hydrogen-bond donors (Lipinski definition) is 2. The molecule has 1 aliphatic rings. The zero-order chi connectivity index (χ0) is 13.0. The van der Waals surface area contributed by atoms with Crippen molar-refractivity contribution in [2.75, 3.05) is 26.8 Å². The van der Waals surface area contributed by atoms with Gasteiger partial charge in [0.1, 0.15) is 13.2 Å². The lowest BCUT2D eigenvalue weighted by Gasteiger charge is -2.18. The first-order valence-electron chi connectivity index (χ1n) is 5.59. The molecule has 2 N–H and O–H groups in total. The molecule has 6 heteroatoms. The minimum Gasteiger partial charge on any atom is -0.486 e. The molecule has 0 spiro atoms. The number of likely N-dealkylation sites (N-methyl/N-ethyl adjacent to an activating group) is 1. The number of ether oxygens (including phenoxy) is 2. The van der Waals surface area contributed by atoms with E-state index in [-0.39, 0.29) is 18.4 Å². The third kappa shape index (κ3) is 2.71. The molecule has 0 unspecified atom stereocenters. The molecule has 18 heavy (non-hydrogen) atoms. The van der Waals surface area contributed by atoms with Crippen molar-refractivity contribution in [3.63, 3.8) is 0 Å². The Morgan fingerprint density at radius 2 is 1.94 bits per heavy atom. The minimum atomic E-state index is -0.324. The molecule has 0 saturated heterocycles. The maximum absolute atomic E-state index is 11.8. The van der Waals surface area contributed by atoms with E-state index in [1.807, 2.05) is 0 Å². The van der Waals surface area contributed by atoms with Crippen LogP contribution in [0.3, 0.4) is 0 Å². The van der Waals surface area contributed by atoms with Gasteiger partial charge < -0.3 is 20.1 Å². The standard InChI is InChI=1S/C12H14N2O4/c1-13-11(15)7-14-12(16)8-2-3-9-10(6-8)18-5-4-17-9/h2-3,6H,4-5,7H2,1H3,(H,13,15)(H,14,16). The van der Waals surface area contributed by atoms with Gasteiger partial charge in [-0.25, -0.2) is 0 Å². The second-order valence-electron chi connectivity index (χ2n) is 3.71. The second-order valence-corrected chi connectivity index (χ2v) is 3.71. The summed E-state index contributed by atoms with van der Waals surface area (Å²) in [4.78, 5) is 22.8. The maximum atomic E-state index is 11.8. The summed E-state index contributed by atoms with van der Waals surface area (Å²) in [7, 11) is 1.51. The molecule has 96 valence electrons. The van der Waals surface area contributed by atoms with Gasteiger partial charge in [0.05, 0.1) is 6.54 Å². The lowest BCUT2D eigenvalue weighted by Crippen LogP contribution is -2.35. The second kappa shape index (κ2) is 5.39. The predicted octanol–water partition coefficient (Wildman–Crippen LogP) is -0.0664. The van der Waals surface area contributed by atoms with Gasteiger partial charge in [0, 0.05) is 12.6 Å². The van der Waals surface area contributed by atoms with Gasteiger partial charge in [-0.05, 0) is 18.2 Å². The van der Waals surface area contributed by atoms with Crippen LogP contribution in [0.1, 0.15) is 10.4 Å². The van der Waals surface area contributed by atoms with Crippen molar-refractivity contribution in [1.82, 2.24) is 10.6 Å². The van der Waals surface area contributed by atoms with Gasteiger partial charge in [0.25, 0.3) is 5.91 Å². The first kappa shape index (κ1) is 12.2. The number of benzene rings is 1. The first-order valence-corrected chi connectivity index (χ1v) is 5.59. The fourth-order valence-electron chi connectivity index (χ4n) is 1.54. The van der Waals surface area contributed by atoms with E-state index in [9.17, 15) is 9.59 Å². The Labute approximate surface area is 104 Å². The molecule has 0 saturated carbocycles. The van der Waals surface area contributed by atoms with Crippen molar-refractivity contribution in [2.45, 2.75) is 0 Å². The van der Waals surface area contributed by atoms with E-state index in [2.05, 4.69) is 10.6 Å². The zero-order valence-electron chi connectivity index (χ0n) is 9.99. The van der Waals surface area contributed by atoms with Crippen LogP contribution in [0, 0.1) is 0 Å². The number of amides is 2. The molecule has 2 rings (SSSR count). The number of fused-ring (bicyclic) bond motifs is 1. The highest BCUT2D eigenvalue weighted by molar-refractivity contribution is 5.97. The van der Waals surface area contributed by atoms with E-state index in [1.165, 1.54) is 7.05 Å². The SMILES string of the molecule is CNC(=O)CNC(=O)c1ccc2c(c1)OCCO2. The molecule has 0 atom stereocenters. The maximum Gasteiger partial charge on any atom is 0.251 e. The Morgan fingerprint density at radius 1 is 1.22 bits per heavy atom. The number of carbonyl (C=O) groups excluding carboxylic acids is 2. The largest absolute Gasteiger partial charge is 0.486 e. The van der Waals surface area contributed by atoms with E-state index in [0.29, 0.717) is 30.3 Å². The lowest BCUT2D eigenvalue weighted by atomic mass is 10.2. The smallest absolute Gasteiger partial charge is 0.251 e. The van der Waals surface area contributed by atoms with Gasteiger partial charge in [-0.2, -0.15) is 0 Å². The third-order valence-electron chi connectivity index (χ3n) is 2.49. The minimum absolute atomic E-state index is 0.0518. The highest BCUT2D eigenvalue weighted by atomic mass is 16.6. The van der Waals surface area contributed by atoms with Crippen molar-refractivity contribution in [1.29, 1.82) is 0 Å². The van der Waals surface area contributed by atoms with Gasteiger partial charge >= 0.3 is 0 Å². The van der Waals surface area contributed by atoms with Crippen LogP contribution in [0.25, 0.3) is 0 Å². The van der Waals surface area contributed by atoms with Crippen LogP contribution >= 0.6 is 0 Å². The van der Waals surface area contributed by atoms with E-state index in [4.69, 9.17) is 9.47 Å². The van der Waals surface area contributed by atoms with Gasteiger partial charge in [0.2, 0.25) is 5.91 Å². The summed E-state index contributed by atoms with van der Waals surface area (Å²) in [6, 6.07) is 4.92. The summed E-state index contributed by atoms with van der Waals surface area (Å²) >= 11 is 0. The average Bonchev–Trinajstić information content (AvgIpc) is 2.43. The highest BCUT2D eigenvalue weighted by Gasteiger charge is 2.15. The van der Waals surface area contributed by atoms with E-state index < -0.39 is 0 Å². The van der Waals surface area contributed by atoms with Crippen LogP contribution in [0.2, 0.25) is 0 Å². The van der Waals surface area contributed by atoms with Crippen LogP contribution in [0.15, 0.2) is 18.2 Å². The summed E-state index contributed by atoms with van der Waals surface area (Å²) in [5.74, 6) is 0.606. The Kier molecular flexibility index (Phi) is 3.66. The molecule has 0 bridgehead atoms. The molecule has 0 fully saturated rings. The van der Waals surface area contributed by atoms with Crippen LogP contribution < -0.4 is 20.1 Å². The van der Waals surface area contributed by atoms with Gasteiger partial charge in [-0.1, -0.05) is 0 Å². The molecule has 0 aromatic heterocycles. The van der Waals surface area contributed by atoms with E-state index >= 15 is 0 Å². The van der Waals surface area contributed by atoms with Gasteiger partial charge in [0.15, 0.2) is 11.5 Å². The summed E-state index contributed by atoms with van der Waals surface area (Å²) in [5.41, 5.74) is 0.433. The molecule has 0 aliphatic carbocycles. The monoisotopic (exact) mass is 250 g/mol. The van der Waals surface area contributed by atoms with Crippen LogP contribution in [0.5, 0.6) is 11.5 Å². The van der Waals surface area contributed by atoms with Crippen molar-refractivity contribution < 1.29 is 19.1 Å². The van der Waals surface area contributed by atoms with Crippen molar-refractivity contribution in [2.24, 2.45) is 0 Å². The fourth-order valence-corrected chi connectivity index (χ4v) is 1.54. The molecular formula is C12H14N2O4. The first-order chi connectivity index (χ1) is 8.70. The van der Waals surface area contributed by atoms with Gasteiger partial charge in [-0.15, -0.1) is 0 Å². The van der Waals surface area contributed by atoms with Crippen LogP contribution in [-0.4, -0.2) is 38.6 Å². The average molecular weight is 250 g/mol. The normalized spacial score (nSPS) is 12.7. The van der Waals surface area contributed by atoms with Crippen molar-refractivity contribution >= 4 is 11.8 Å². The van der Waals surface area contributed by atoms with Crippen molar-refractivity contribution in [3.8, 4) is 11.5 Å². The van der Waals surface area contributed by atoms with Crippen LogP contribution in [0.4, 0.5) is 0 Å². The number of carbonyl (C=O) groups is 2. The summed E-state index contributed by atoms with van der Waals surface area (Å²) in [6.45, 7) is 0.926. The van der Waals surface area contributed by atoms with Crippen LogP contribution in [-0.2, 0) is 4.79 Å². The lowest BCUT2D eigenvalue weighted by molar-refractivity contribution is -0.119. The summed E-state index contributed by atoms with van der Waals surface area (Å²) in [5, 5.41) is 4.93. The van der Waals surface area contributed by atoms with E-state index in [1.54, 1.807) is 18.2 Å². The predicted molar refractivity (Wildman–Crippen MR) is 63.8 cm³/mol. The van der Waals surface area contributed by atoms with Crippen molar-refractivity contribution in [3.05, 3.63) is 23.8 Å². The Balaban J connectivity index is 2.04.